The fraction of sp³-hybridized carbons (Fsp3) is 0.632. The van der Waals surface area contributed by atoms with Crippen molar-refractivity contribution in [3.05, 3.63) is 46.5 Å². The molecule has 4 bridgehead atoms. The molecule has 0 spiro atoms. The molecule has 4 rings (SSSR count). The number of carbonyl (C=O) groups excluding carboxylic acids is 4. The second-order valence-electron chi connectivity index (χ2n) is 14.6. The fourth-order valence-corrected chi connectivity index (χ4v) is 7.12. The van der Waals surface area contributed by atoms with Gasteiger partial charge in [0.25, 0.3) is 0 Å². The van der Waals surface area contributed by atoms with Gasteiger partial charge >= 0.3 is 12.1 Å². The molecule has 2 fully saturated rings. The Bertz CT molecular complexity index is 1580. The van der Waals surface area contributed by atoms with Gasteiger partial charge in [0.15, 0.2) is 5.72 Å². The Morgan fingerprint density at radius 3 is 2.56 bits per heavy atom. The third kappa shape index (κ3) is 8.92. The Balaban J connectivity index is 1.76. The van der Waals surface area contributed by atoms with Gasteiger partial charge in [-0.15, -0.1) is 0 Å². The van der Waals surface area contributed by atoms with Gasteiger partial charge < -0.3 is 38.6 Å². The van der Waals surface area contributed by atoms with Gasteiger partial charge in [0.05, 0.1) is 25.3 Å². The number of anilines is 1. The number of hydrogen-bond donors (Lipinski definition) is 2. The van der Waals surface area contributed by atoms with Crippen LogP contribution in [0.2, 0.25) is 5.02 Å². The molecular formula is C38H54ClN3O10. The number of alkyl carbamates (subject to hydrolysis) is 1. The monoisotopic (exact) mass is 747 g/mol. The summed E-state index contributed by atoms with van der Waals surface area (Å²) in [5, 5.41) is 14.5. The summed E-state index contributed by atoms with van der Waals surface area (Å²) in [4.78, 5) is 56.4. The van der Waals surface area contributed by atoms with Crippen LogP contribution in [0.3, 0.4) is 0 Å². The zero-order valence-electron chi connectivity index (χ0n) is 31.9. The Kier molecular flexibility index (Phi) is 13.1. The number of allylic oxidation sites excluding steroid dienone is 3. The molecule has 14 heteroatoms. The highest BCUT2D eigenvalue weighted by Gasteiger charge is 2.64. The third-order valence-corrected chi connectivity index (χ3v) is 11.1. The number of nitrogens with zero attached hydrogens (tertiary/aromatic N) is 2. The molecule has 52 heavy (non-hydrogen) atoms. The van der Waals surface area contributed by atoms with Crippen molar-refractivity contribution in [1.29, 1.82) is 0 Å². The predicted octanol–water partition coefficient (Wildman–Crippen LogP) is 4.95. The Morgan fingerprint density at radius 1 is 1.23 bits per heavy atom. The van der Waals surface area contributed by atoms with Gasteiger partial charge in [0.2, 0.25) is 11.8 Å². The van der Waals surface area contributed by atoms with Crippen LogP contribution in [0.5, 0.6) is 5.75 Å². The Hall–Kier alpha value is -3.65. The number of halogens is 1. The van der Waals surface area contributed by atoms with E-state index in [0.717, 1.165) is 17.6 Å². The van der Waals surface area contributed by atoms with Crippen LogP contribution in [0.4, 0.5) is 10.5 Å². The number of nitrogens with one attached hydrogen (secondary N) is 1. The molecule has 9 unspecified atom stereocenters. The molecule has 0 radical (unpaired) electrons. The van der Waals surface area contributed by atoms with E-state index in [1.807, 2.05) is 26.8 Å². The van der Waals surface area contributed by atoms with Gasteiger partial charge in [-0.2, -0.15) is 0 Å². The maximum Gasteiger partial charge on any atom is 0.409 e. The van der Waals surface area contributed by atoms with E-state index in [2.05, 4.69) is 5.32 Å². The van der Waals surface area contributed by atoms with Crippen molar-refractivity contribution in [2.45, 2.75) is 115 Å². The van der Waals surface area contributed by atoms with Crippen LogP contribution >= 0.6 is 11.6 Å². The third-order valence-electron chi connectivity index (χ3n) is 10.7. The number of carbonyl (C=O) groups is 4. The van der Waals surface area contributed by atoms with Gasteiger partial charge in [-0.1, -0.05) is 62.6 Å². The smallest absolute Gasteiger partial charge is 0.409 e. The maximum atomic E-state index is 14.1. The molecule has 1 aromatic rings. The van der Waals surface area contributed by atoms with Crippen LogP contribution in [0.25, 0.3) is 0 Å². The summed E-state index contributed by atoms with van der Waals surface area (Å²) >= 11 is 6.76. The number of ether oxygens (including phenoxy) is 5. The lowest BCUT2D eigenvalue weighted by molar-refractivity contribution is -0.162. The van der Waals surface area contributed by atoms with Crippen molar-refractivity contribution in [2.24, 2.45) is 11.8 Å². The van der Waals surface area contributed by atoms with E-state index in [1.165, 1.54) is 24.0 Å². The largest absolute Gasteiger partial charge is 0.495 e. The maximum absolute atomic E-state index is 14.1. The van der Waals surface area contributed by atoms with Crippen LogP contribution in [-0.4, -0.2) is 104 Å². The molecule has 3 heterocycles. The van der Waals surface area contributed by atoms with Crippen LogP contribution in [0, 0.1) is 11.8 Å². The van der Waals surface area contributed by atoms with E-state index >= 15 is 0 Å². The average molecular weight is 748 g/mol. The second kappa shape index (κ2) is 16.6. The summed E-state index contributed by atoms with van der Waals surface area (Å²) in [6.45, 7) is 11.0. The Labute approximate surface area is 311 Å². The number of rotatable bonds is 8. The average Bonchev–Trinajstić information content (AvgIpc) is 3.80. The molecule has 2 N–H and O–H groups in total. The number of fused-ring (bicyclic) bond motifs is 5. The van der Waals surface area contributed by atoms with Crippen molar-refractivity contribution in [3.8, 4) is 5.75 Å². The first kappa shape index (κ1) is 41.1. The Morgan fingerprint density at radius 2 is 1.92 bits per heavy atom. The quantitative estimate of drug-likeness (QED) is 0.276. The second-order valence-corrected chi connectivity index (χ2v) is 15.0. The minimum absolute atomic E-state index is 0.0439. The molecule has 9 atom stereocenters. The van der Waals surface area contributed by atoms with E-state index in [4.69, 9.17) is 35.3 Å². The molecule has 13 nitrogen and oxygen atoms in total. The minimum Gasteiger partial charge on any atom is -0.495 e. The minimum atomic E-state index is -1.82. The topological polar surface area (TPSA) is 156 Å². The normalized spacial score (nSPS) is 30.6. The van der Waals surface area contributed by atoms with Gasteiger partial charge in [-0.05, 0) is 50.8 Å². The van der Waals surface area contributed by atoms with Crippen molar-refractivity contribution in [2.75, 3.05) is 33.2 Å². The number of benzene rings is 1. The summed E-state index contributed by atoms with van der Waals surface area (Å²) in [5.41, 5.74) is -0.877. The number of esters is 1. The van der Waals surface area contributed by atoms with Crippen molar-refractivity contribution >= 4 is 41.2 Å². The molecule has 288 valence electrons. The SMILES string of the molecule is CCC(C)CC(=O)N(C)C(C)C(=O)OC1CC(=O)N(C)c2cc(cc(OC)c2Cl)CC(C)=CC=CC(OC)C2(O)CC(OC(=O)N2)C(C)C2OC12C. The number of epoxide rings is 1. The first-order valence-corrected chi connectivity index (χ1v) is 18.1. The molecule has 0 aliphatic carbocycles. The highest BCUT2D eigenvalue weighted by molar-refractivity contribution is 6.35. The summed E-state index contributed by atoms with van der Waals surface area (Å²) in [5.74, 6) is -1.33. The van der Waals surface area contributed by atoms with Crippen molar-refractivity contribution in [3.63, 3.8) is 0 Å². The standard InChI is InChI=1S/C38H54ClN3O10/c1-11-21(2)16-31(43)41(7)24(5)35(45)51-30-19-32(44)42(8)26-17-25(18-27(48-9)33(26)39)15-22(3)13-12-14-29(49-10)38(47)20-28(50-36(46)40-38)23(4)34-37(30,6)52-34/h12-14,17-18,21,23-24,28-30,34,47H,11,15-16,19-20H2,1-10H3,(H,40,46). The number of amides is 3. The fourth-order valence-electron chi connectivity index (χ4n) is 6.80. The first-order chi connectivity index (χ1) is 24.4. The number of hydrogen-bond acceptors (Lipinski definition) is 10. The van der Waals surface area contributed by atoms with Crippen LogP contribution in [-0.2, 0) is 39.8 Å². The summed E-state index contributed by atoms with van der Waals surface area (Å²) in [6.07, 6.45) is 2.11. The van der Waals surface area contributed by atoms with Crippen LogP contribution in [0.1, 0.15) is 72.8 Å². The molecule has 2 saturated heterocycles. The lowest BCUT2D eigenvalue weighted by Gasteiger charge is -2.42. The van der Waals surface area contributed by atoms with Gasteiger partial charge in [0, 0.05) is 40.0 Å². The molecule has 3 aliphatic rings. The summed E-state index contributed by atoms with van der Waals surface area (Å²) < 4.78 is 29.2. The van der Waals surface area contributed by atoms with Crippen molar-refractivity contribution in [1.82, 2.24) is 10.2 Å². The van der Waals surface area contributed by atoms with E-state index in [0.29, 0.717) is 17.9 Å². The highest BCUT2D eigenvalue weighted by atomic mass is 35.5. The summed E-state index contributed by atoms with van der Waals surface area (Å²) in [6, 6.07) is 2.64. The lowest BCUT2D eigenvalue weighted by Crippen LogP contribution is -2.63. The summed E-state index contributed by atoms with van der Waals surface area (Å²) in [7, 11) is 6.06. The van der Waals surface area contributed by atoms with Gasteiger partial charge in [-0.3, -0.25) is 14.9 Å². The van der Waals surface area contributed by atoms with Gasteiger partial charge in [-0.25, -0.2) is 9.59 Å². The molecule has 3 amide bonds. The van der Waals surface area contributed by atoms with Crippen molar-refractivity contribution < 1.29 is 48.0 Å². The lowest BCUT2D eigenvalue weighted by atomic mass is 9.83. The predicted molar refractivity (Wildman–Crippen MR) is 195 cm³/mol. The van der Waals surface area contributed by atoms with E-state index in [-0.39, 0.29) is 36.1 Å². The van der Waals surface area contributed by atoms with E-state index in [1.54, 1.807) is 59.2 Å². The molecule has 0 saturated carbocycles. The zero-order valence-corrected chi connectivity index (χ0v) is 32.6. The highest BCUT2D eigenvalue weighted by Crippen LogP contribution is 2.49. The van der Waals surface area contributed by atoms with Gasteiger partial charge in [0.1, 0.15) is 40.7 Å². The number of likely N-dealkylation sites (N-methyl/N-ethyl adjacent to an activating group) is 1. The molecular weight excluding hydrogens is 694 g/mol. The molecule has 3 aliphatic heterocycles. The molecule has 0 aromatic heterocycles. The van der Waals surface area contributed by atoms with Crippen LogP contribution < -0.4 is 15.0 Å². The zero-order chi connectivity index (χ0) is 38.7. The number of methoxy groups -OCH3 is 2. The van der Waals surface area contributed by atoms with Crippen LogP contribution in [0.15, 0.2) is 35.9 Å². The van der Waals surface area contributed by atoms with E-state index < -0.39 is 65.7 Å². The molecule has 1 aromatic carbocycles. The number of aliphatic hydroxyl groups is 1. The first-order valence-electron chi connectivity index (χ1n) is 17.7. The van der Waals surface area contributed by atoms with E-state index in [9.17, 15) is 24.3 Å².